The molecule has 0 radical (unpaired) electrons. The third-order valence-electron chi connectivity index (χ3n) is 6.88. The highest BCUT2D eigenvalue weighted by molar-refractivity contribution is 5.79. The van der Waals surface area contributed by atoms with Crippen molar-refractivity contribution in [3.05, 3.63) is 34.9 Å². The van der Waals surface area contributed by atoms with E-state index in [-0.39, 0.29) is 5.41 Å². The van der Waals surface area contributed by atoms with Crippen LogP contribution in [-0.2, 0) is 28.1 Å². The van der Waals surface area contributed by atoms with E-state index in [0.717, 1.165) is 38.5 Å². The van der Waals surface area contributed by atoms with Gasteiger partial charge in [0, 0.05) is 25.1 Å². The summed E-state index contributed by atoms with van der Waals surface area (Å²) in [5.74, 6) is 1.18. The van der Waals surface area contributed by atoms with E-state index in [4.69, 9.17) is 20.3 Å². The number of benzene rings is 1. The Morgan fingerprint density at radius 2 is 2.07 bits per heavy atom. The highest BCUT2D eigenvalue weighted by atomic mass is 16.7. The lowest BCUT2D eigenvalue weighted by molar-refractivity contribution is -0.232. The minimum absolute atomic E-state index is 0.0313. The molecule has 1 heterocycles. The molecule has 0 aromatic heterocycles. The van der Waals surface area contributed by atoms with Crippen molar-refractivity contribution in [3.63, 3.8) is 0 Å². The molecule has 0 saturated heterocycles. The summed E-state index contributed by atoms with van der Waals surface area (Å²) in [5.41, 5.74) is 9.46. The fourth-order valence-corrected chi connectivity index (χ4v) is 5.19. The van der Waals surface area contributed by atoms with Crippen molar-refractivity contribution in [2.45, 2.75) is 70.6 Å². The monoisotopic (exact) mass is 371 g/mol. The van der Waals surface area contributed by atoms with Gasteiger partial charge in [0.15, 0.2) is 0 Å². The maximum absolute atomic E-state index is 6.46. The second-order valence-corrected chi connectivity index (χ2v) is 9.02. The van der Waals surface area contributed by atoms with Crippen molar-refractivity contribution in [1.82, 2.24) is 5.06 Å². The first-order valence-corrected chi connectivity index (χ1v) is 10.3. The number of nitrogens with zero attached hydrogens (tertiary/aromatic N) is 2. The Balaban J connectivity index is 1.73. The first kappa shape index (κ1) is 18.8. The van der Waals surface area contributed by atoms with E-state index in [1.165, 1.54) is 23.1 Å². The van der Waals surface area contributed by atoms with Crippen molar-refractivity contribution in [2.24, 2.45) is 22.1 Å². The molecule has 3 aliphatic rings. The maximum Gasteiger partial charge on any atom is 0.220 e. The summed E-state index contributed by atoms with van der Waals surface area (Å²) in [5, 5.41) is 1.65. The van der Waals surface area contributed by atoms with Crippen LogP contribution in [0.25, 0.3) is 0 Å². The smallest absolute Gasteiger partial charge is 0.220 e. The Morgan fingerprint density at radius 3 is 2.67 bits per heavy atom. The number of hydroxylamine groups is 2. The van der Waals surface area contributed by atoms with Crippen LogP contribution in [0.2, 0.25) is 0 Å². The molecule has 1 fully saturated rings. The van der Waals surface area contributed by atoms with Gasteiger partial charge in [-0.1, -0.05) is 32.0 Å². The summed E-state index contributed by atoms with van der Waals surface area (Å²) in [6, 6.07) is 6.93. The van der Waals surface area contributed by atoms with Gasteiger partial charge in [-0.25, -0.2) is 14.9 Å². The van der Waals surface area contributed by atoms with Gasteiger partial charge >= 0.3 is 0 Å². The quantitative estimate of drug-likeness (QED) is 0.876. The Kier molecular flexibility index (Phi) is 4.71. The molecule has 1 aromatic rings. The molecule has 1 aromatic carbocycles. The Morgan fingerprint density at radius 1 is 1.33 bits per heavy atom. The molecule has 148 valence electrons. The molecular weight excluding hydrogens is 338 g/mol. The lowest BCUT2D eigenvalue weighted by Gasteiger charge is -2.45. The molecule has 27 heavy (non-hydrogen) atoms. The minimum Gasteiger partial charge on any atom is -0.381 e. The van der Waals surface area contributed by atoms with Crippen LogP contribution < -0.4 is 5.73 Å². The number of hydrogen-bond donors (Lipinski definition) is 1. The molecular formula is C22H33N3O2. The Labute approximate surface area is 162 Å². The van der Waals surface area contributed by atoms with Crippen LogP contribution in [0.15, 0.2) is 23.2 Å². The summed E-state index contributed by atoms with van der Waals surface area (Å²) in [6.07, 6.45) is 7.84. The predicted molar refractivity (Wildman–Crippen MR) is 107 cm³/mol. The highest BCUT2D eigenvalue weighted by Crippen LogP contribution is 2.61. The Hall–Kier alpha value is -1.59. The van der Waals surface area contributed by atoms with Gasteiger partial charge < -0.3 is 10.5 Å². The first-order valence-electron chi connectivity index (χ1n) is 10.3. The van der Waals surface area contributed by atoms with Gasteiger partial charge in [0.2, 0.25) is 11.7 Å². The second-order valence-electron chi connectivity index (χ2n) is 9.02. The topological polar surface area (TPSA) is 60.1 Å². The van der Waals surface area contributed by atoms with Gasteiger partial charge in [-0.3, -0.25) is 0 Å². The van der Waals surface area contributed by atoms with Crippen LogP contribution in [0.1, 0.15) is 62.6 Å². The molecule has 5 heteroatoms. The average Bonchev–Trinajstić information content (AvgIpc) is 3.09. The van der Waals surface area contributed by atoms with Crippen LogP contribution >= 0.6 is 0 Å². The van der Waals surface area contributed by atoms with Gasteiger partial charge in [-0.2, -0.15) is 0 Å². The van der Waals surface area contributed by atoms with Gasteiger partial charge in [-0.05, 0) is 62.0 Å². The van der Waals surface area contributed by atoms with Gasteiger partial charge in [0.1, 0.15) is 0 Å². The number of aryl methyl sites for hydroxylation is 1. The normalized spacial score (nSPS) is 32.6. The third kappa shape index (κ3) is 2.95. The summed E-state index contributed by atoms with van der Waals surface area (Å²) >= 11 is 0. The van der Waals surface area contributed by atoms with Gasteiger partial charge in [-0.15, -0.1) is 0 Å². The molecule has 1 unspecified atom stereocenters. The third-order valence-corrected chi connectivity index (χ3v) is 6.88. The molecule has 2 aliphatic carbocycles. The number of nitrogens with two attached hydrogens (primary N) is 1. The van der Waals surface area contributed by atoms with E-state index in [0.29, 0.717) is 18.0 Å². The van der Waals surface area contributed by atoms with Crippen molar-refractivity contribution < 1.29 is 9.57 Å². The van der Waals surface area contributed by atoms with Crippen molar-refractivity contribution in [2.75, 3.05) is 14.2 Å². The summed E-state index contributed by atoms with van der Waals surface area (Å²) < 4.78 is 5.63. The number of hydrogen-bond acceptors (Lipinski definition) is 5. The fourth-order valence-electron chi connectivity index (χ4n) is 5.19. The molecule has 2 N–H and O–H groups in total. The Bertz CT molecular complexity index is 737. The van der Waals surface area contributed by atoms with E-state index < -0.39 is 5.72 Å². The van der Waals surface area contributed by atoms with E-state index in [1.807, 2.05) is 14.2 Å². The molecule has 1 atom stereocenters. The molecule has 4 rings (SSSR count). The minimum atomic E-state index is -0.673. The fraction of sp³-hybridized carbons (Fsp3) is 0.682. The molecule has 5 nitrogen and oxygen atoms in total. The zero-order chi connectivity index (χ0) is 19.2. The van der Waals surface area contributed by atoms with Crippen molar-refractivity contribution >= 4 is 5.96 Å². The van der Waals surface area contributed by atoms with E-state index >= 15 is 0 Å². The maximum atomic E-state index is 6.46. The number of guanidine groups is 1. The van der Waals surface area contributed by atoms with Crippen LogP contribution in [0.3, 0.4) is 0 Å². The van der Waals surface area contributed by atoms with Crippen molar-refractivity contribution in [3.8, 4) is 0 Å². The highest BCUT2D eigenvalue weighted by Gasteiger charge is 2.63. The molecule has 1 aliphatic heterocycles. The number of ether oxygens (including phenoxy) is 1. The molecule has 0 amide bonds. The van der Waals surface area contributed by atoms with Crippen LogP contribution in [0.4, 0.5) is 0 Å². The number of methoxy groups -OCH3 is 1. The molecule has 1 saturated carbocycles. The zero-order valence-electron chi connectivity index (χ0n) is 17.1. The average molecular weight is 372 g/mol. The first-order chi connectivity index (χ1) is 12.9. The van der Waals surface area contributed by atoms with Crippen LogP contribution in [-0.4, -0.2) is 31.3 Å². The lowest BCUT2D eigenvalue weighted by atomic mass is 9.66. The van der Waals surface area contributed by atoms with Gasteiger partial charge in [0.05, 0.1) is 6.10 Å². The molecule has 0 bridgehead atoms. The number of aliphatic imine (C=N–C) groups is 1. The standard InChI is InChI=1S/C22H33N3O2/c1-15(2)5-6-16-7-8-17-14-21(11-9-18(26-4)10-12-21)22(19(17)13-16)24-20(23)25(3)27-22/h7-8,13,15,18H,5-6,9-12,14H2,1-4H3,(H2,23,24). The number of rotatable bonds is 4. The second kappa shape index (κ2) is 6.78. The largest absolute Gasteiger partial charge is 0.381 e. The summed E-state index contributed by atoms with van der Waals surface area (Å²) in [6.45, 7) is 4.55. The summed E-state index contributed by atoms with van der Waals surface area (Å²) in [4.78, 5) is 11.4. The van der Waals surface area contributed by atoms with Crippen LogP contribution in [0, 0.1) is 11.3 Å². The summed E-state index contributed by atoms with van der Waals surface area (Å²) in [7, 11) is 3.68. The number of fused-ring (bicyclic) bond motifs is 3. The zero-order valence-corrected chi connectivity index (χ0v) is 17.1. The van der Waals surface area contributed by atoms with E-state index in [2.05, 4.69) is 32.0 Å². The van der Waals surface area contributed by atoms with E-state index in [1.54, 1.807) is 5.06 Å². The van der Waals surface area contributed by atoms with Crippen LogP contribution in [0.5, 0.6) is 0 Å². The predicted octanol–water partition coefficient (Wildman–Crippen LogP) is 3.75. The van der Waals surface area contributed by atoms with E-state index in [9.17, 15) is 0 Å². The molecule has 2 spiro atoms. The SMILES string of the molecule is COC1CCC2(CC1)Cc1ccc(CCC(C)C)cc1C21N=C(N)N(C)O1. The lowest BCUT2D eigenvalue weighted by Crippen LogP contribution is -2.46. The van der Waals surface area contributed by atoms with Crippen molar-refractivity contribution in [1.29, 1.82) is 0 Å². The van der Waals surface area contributed by atoms with Gasteiger partial charge in [0.25, 0.3) is 0 Å².